The highest BCUT2D eigenvalue weighted by Gasteiger charge is 2.32. The normalized spacial score (nSPS) is 17.9. The molecule has 0 saturated carbocycles. The van der Waals surface area contributed by atoms with Crippen LogP contribution in [0.1, 0.15) is 28.3 Å². The lowest BCUT2D eigenvalue weighted by Crippen LogP contribution is -2.47. The number of carbonyl (C=O) groups excluding carboxylic acids is 1. The molecule has 0 atom stereocenters. The summed E-state index contributed by atoms with van der Waals surface area (Å²) in [6.45, 7) is 1.90. The summed E-state index contributed by atoms with van der Waals surface area (Å²) in [5, 5.41) is 13.0. The van der Waals surface area contributed by atoms with Crippen molar-refractivity contribution in [2.24, 2.45) is 5.73 Å². The summed E-state index contributed by atoms with van der Waals surface area (Å²) >= 11 is 1.44. The Labute approximate surface area is 122 Å². The molecule has 6 nitrogen and oxygen atoms in total. The van der Waals surface area contributed by atoms with Crippen molar-refractivity contribution in [2.45, 2.75) is 24.9 Å². The standard InChI is InChI=1S/C13H21N3O3S/c1-16(9-13(18)3-6-19-7-4-13)12(17)10-8-20-11(15-10)2-5-14/h8,18H,2-7,9,14H2,1H3. The Morgan fingerprint density at radius 1 is 1.60 bits per heavy atom. The second kappa shape index (κ2) is 6.62. The number of aliphatic hydroxyl groups is 1. The van der Waals surface area contributed by atoms with Gasteiger partial charge in [0.05, 0.1) is 10.6 Å². The van der Waals surface area contributed by atoms with Crippen LogP contribution in [0.2, 0.25) is 0 Å². The zero-order chi connectivity index (χ0) is 14.6. The summed E-state index contributed by atoms with van der Waals surface area (Å²) in [6, 6.07) is 0. The van der Waals surface area contributed by atoms with Gasteiger partial charge in [-0.15, -0.1) is 11.3 Å². The van der Waals surface area contributed by atoms with Gasteiger partial charge in [0.1, 0.15) is 5.69 Å². The number of nitrogens with two attached hydrogens (primary N) is 1. The number of aromatic nitrogens is 1. The lowest BCUT2D eigenvalue weighted by molar-refractivity contribution is -0.0734. The van der Waals surface area contributed by atoms with Crippen molar-refractivity contribution in [2.75, 3.05) is 33.4 Å². The Balaban J connectivity index is 1.96. The van der Waals surface area contributed by atoms with Gasteiger partial charge in [0.25, 0.3) is 5.91 Å². The third kappa shape index (κ3) is 3.76. The number of thiazole rings is 1. The van der Waals surface area contributed by atoms with Gasteiger partial charge in [0.15, 0.2) is 0 Å². The first kappa shape index (κ1) is 15.4. The van der Waals surface area contributed by atoms with Gasteiger partial charge in [-0.3, -0.25) is 4.79 Å². The van der Waals surface area contributed by atoms with Crippen LogP contribution in [0.5, 0.6) is 0 Å². The number of likely N-dealkylation sites (N-methyl/N-ethyl adjacent to an activating group) is 1. The van der Waals surface area contributed by atoms with E-state index in [0.717, 1.165) is 5.01 Å². The number of ether oxygens (including phenoxy) is 1. The van der Waals surface area contributed by atoms with Crippen LogP contribution in [0.3, 0.4) is 0 Å². The topological polar surface area (TPSA) is 88.7 Å². The zero-order valence-electron chi connectivity index (χ0n) is 11.7. The molecule has 1 aromatic heterocycles. The fraction of sp³-hybridized carbons (Fsp3) is 0.692. The average Bonchev–Trinajstić information content (AvgIpc) is 2.87. The van der Waals surface area contributed by atoms with Crippen LogP contribution in [0.4, 0.5) is 0 Å². The van der Waals surface area contributed by atoms with Gasteiger partial charge in [-0.05, 0) is 6.54 Å². The molecule has 1 aliphatic heterocycles. The highest BCUT2D eigenvalue weighted by Crippen LogP contribution is 2.22. The Morgan fingerprint density at radius 2 is 2.30 bits per heavy atom. The molecule has 1 saturated heterocycles. The van der Waals surface area contributed by atoms with E-state index in [1.165, 1.54) is 16.2 Å². The minimum Gasteiger partial charge on any atom is -0.388 e. The molecular formula is C13H21N3O3S. The minimum absolute atomic E-state index is 0.163. The van der Waals surface area contributed by atoms with Crippen molar-refractivity contribution in [1.82, 2.24) is 9.88 Å². The van der Waals surface area contributed by atoms with Crippen LogP contribution in [-0.4, -0.2) is 59.8 Å². The molecular weight excluding hydrogens is 278 g/mol. The molecule has 0 bridgehead atoms. The van der Waals surface area contributed by atoms with Gasteiger partial charge in [-0.2, -0.15) is 0 Å². The molecule has 2 rings (SSSR count). The van der Waals surface area contributed by atoms with E-state index in [2.05, 4.69) is 4.98 Å². The second-order valence-corrected chi connectivity index (χ2v) is 6.11. The van der Waals surface area contributed by atoms with Gasteiger partial charge in [0, 0.05) is 51.4 Å². The first-order valence-electron chi connectivity index (χ1n) is 6.74. The third-order valence-electron chi connectivity index (χ3n) is 3.43. The molecule has 1 aromatic rings. The van der Waals surface area contributed by atoms with Gasteiger partial charge < -0.3 is 20.5 Å². The maximum atomic E-state index is 12.3. The van der Waals surface area contributed by atoms with Crippen LogP contribution in [-0.2, 0) is 11.2 Å². The molecule has 1 amide bonds. The molecule has 1 fully saturated rings. The van der Waals surface area contributed by atoms with Gasteiger partial charge >= 0.3 is 0 Å². The molecule has 20 heavy (non-hydrogen) atoms. The number of hydrogen-bond donors (Lipinski definition) is 2. The van der Waals surface area contributed by atoms with E-state index in [1.807, 2.05) is 0 Å². The fourth-order valence-corrected chi connectivity index (χ4v) is 3.05. The predicted octanol–water partition coefficient (Wildman–Crippen LogP) is 0.258. The first-order valence-corrected chi connectivity index (χ1v) is 7.62. The number of amides is 1. The Morgan fingerprint density at radius 3 is 2.95 bits per heavy atom. The Kier molecular flexibility index (Phi) is 5.09. The maximum absolute atomic E-state index is 12.3. The van der Waals surface area contributed by atoms with E-state index in [-0.39, 0.29) is 5.91 Å². The van der Waals surface area contributed by atoms with E-state index in [4.69, 9.17) is 10.5 Å². The van der Waals surface area contributed by atoms with Crippen LogP contribution >= 0.6 is 11.3 Å². The van der Waals surface area contributed by atoms with Crippen molar-refractivity contribution in [3.8, 4) is 0 Å². The van der Waals surface area contributed by atoms with Gasteiger partial charge in [-0.1, -0.05) is 0 Å². The number of rotatable bonds is 5. The summed E-state index contributed by atoms with van der Waals surface area (Å²) in [4.78, 5) is 18.1. The maximum Gasteiger partial charge on any atom is 0.273 e. The lowest BCUT2D eigenvalue weighted by atomic mass is 9.94. The molecule has 0 aliphatic carbocycles. The van der Waals surface area contributed by atoms with Crippen LogP contribution in [0.25, 0.3) is 0 Å². The summed E-state index contributed by atoms with van der Waals surface area (Å²) < 4.78 is 5.24. The SMILES string of the molecule is CN(CC1(O)CCOCC1)C(=O)c1csc(CCN)n1. The molecule has 0 aromatic carbocycles. The quantitative estimate of drug-likeness (QED) is 0.814. The molecule has 0 radical (unpaired) electrons. The monoisotopic (exact) mass is 299 g/mol. The average molecular weight is 299 g/mol. The van der Waals surface area contributed by atoms with Gasteiger partial charge in [0.2, 0.25) is 0 Å². The number of nitrogens with zero attached hydrogens (tertiary/aromatic N) is 2. The fourth-order valence-electron chi connectivity index (χ4n) is 2.27. The predicted molar refractivity (Wildman–Crippen MR) is 76.8 cm³/mol. The van der Waals surface area contributed by atoms with Crippen molar-refractivity contribution in [3.63, 3.8) is 0 Å². The lowest BCUT2D eigenvalue weighted by Gasteiger charge is -2.35. The highest BCUT2D eigenvalue weighted by atomic mass is 32.1. The molecule has 7 heteroatoms. The van der Waals surface area contributed by atoms with E-state index < -0.39 is 5.60 Å². The number of carbonyl (C=O) groups is 1. The van der Waals surface area contributed by atoms with Crippen LogP contribution in [0, 0.1) is 0 Å². The Bertz CT molecular complexity index is 457. The third-order valence-corrected chi connectivity index (χ3v) is 4.34. The zero-order valence-corrected chi connectivity index (χ0v) is 12.5. The first-order chi connectivity index (χ1) is 9.54. The summed E-state index contributed by atoms with van der Waals surface area (Å²) in [6.07, 6.45) is 1.79. The van der Waals surface area contributed by atoms with Crippen molar-refractivity contribution in [1.29, 1.82) is 0 Å². The van der Waals surface area contributed by atoms with E-state index in [1.54, 1.807) is 12.4 Å². The molecule has 3 N–H and O–H groups in total. The Hall–Kier alpha value is -1.02. The van der Waals surface area contributed by atoms with E-state index in [9.17, 15) is 9.90 Å². The molecule has 112 valence electrons. The molecule has 0 unspecified atom stereocenters. The minimum atomic E-state index is -0.848. The van der Waals surface area contributed by atoms with Crippen molar-refractivity contribution >= 4 is 17.2 Å². The van der Waals surface area contributed by atoms with E-state index in [0.29, 0.717) is 51.3 Å². The van der Waals surface area contributed by atoms with E-state index >= 15 is 0 Å². The smallest absolute Gasteiger partial charge is 0.273 e. The largest absolute Gasteiger partial charge is 0.388 e. The molecule has 0 spiro atoms. The summed E-state index contributed by atoms with van der Waals surface area (Å²) in [7, 11) is 1.69. The van der Waals surface area contributed by atoms with Crippen LogP contribution in [0.15, 0.2) is 5.38 Å². The molecule has 2 heterocycles. The summed E-state index contributed by atoms with van der Waals surface area (Å²) in [5.74, 6) is -0.163. The van der Waals surface area contributed by atoms with Crippen LogP contribution < -0.4 is 5.73 Å². The highest BCUT2D eigenvalue weighted by molar-refractivity contribution is 7.09. The molecule has 1 aliphatic rings. The second-order valence-electron chi connectivity index (χ2n) is 5.16. The number of hydrogen-bond acceptors (Lipinski definition) is 6. The summed E-state index contributed by atoms with van der Waals surface area (Å²) in [5.41, 5.74) is 5.05. The van der Waals surface area contributed by atoms with Gasteiger partial charge in [-0.25, -0.2) is 4.98 Å². The van der Waals surface area contributed by atoms with Crippen molar-refractivity contribution < 1.29 is 14.6 Å². The van der Waals surface area contributed by atoms with Crippen molar-refractivity contribution in [3.05, 3.63) is 16.1 Å².